The molecule has 0 bridgehead atoms. The minimum absolute atomic E-state index is 0.270. The predicted octanol–water partition coefficient (Wildman–Crippen LogP) is 5.10. The molecule has 0 unspecified atom stereocenters. The highest BCUT2D eigenvalue weighted by Gasteiger charge is 2.07. The molecule has 6 nitrogen and oxygen atoms in total. The number of hydrazone groups is 1. The summed E-state index contributed by atoms with van der Waals surface area (Å²) in [5.74, 6) is 1.19. The zero-order chi connectivity index (χ0) is 22.3. The molecule has 6 heteroatoms. The highest BCUT2D eigenvalue weighted by molar-refractivity contribution is 5.95. The van der Waals surface area contributed by atoms with Crippen LogP contribution in [-0.4, -0.2) is 21.9 Å². The van der Waals surface area contributed by atoms with Crippen LogP contribution >= 0.6 is 0 Å². The molecule has 1 heterocycles. The van der Waals surface area contributed by atoms with Gasteiger partial charge in [-0.25, -0.2) is 5.43 Å². The molecule has 0 fully saturated rings. The highest BCUT2D eigenvalue weighted by Crippen LogP contribution is 2.21. The van der Waals surface area contributed by atoms with Gasteiger partial charge in [0, 0.05) is 11.3 Å². The third-order valence-corrected chi connectivity index (χ3v) is 4.84. The number of para-hydroxylation sites is 1. The third-order valence-electron chi connectivity index (χ3n) is 4.84. The molecular formula is C26H24N4O2. The standard InChI is InChI=1S/C26H24N4O2/c1-19-14-20(2)30(29-19)18-22-9-6-10-23(15-22)26(31)28-27-17-21-8-7-13-25(16-21)32-24-11-4-3-5-12-24/h3-17H,18H2,1-2H3,(H,28,31). The number of nitrogens with one attached hydrogen (secondary N) is 1. The summed E-state index contributed by atoms with van der Waals surface area (Å²) in [6.45, 7) is 4.60. The van der Waals surface area contributed by atoms with Crippen molar-refractivity contribution < 1.29 is 9.53 Å². The summed E-state index contributed by atoms with van der Waals surface area (Å²) in [4.78, 5) is 12.5. The van der Waals surface area contributed by atoms with Crippen molar-refractivity contribution in [2.24, 2.45) is 5.10 Å². The first-order valence-electron chi connectivity index (χ1n) is 10.3. The Morgan fingerprint density at radius 1 is 0.969 bits per heavy atom. The number of aryl methyl sites for hydroxylation is 2. The van der Waals surface area contributed by atoms with Gasteiger partial charge < -0.3 is 4.74 Å². The maximum absolute atomic E-state index is 12.5. The summed E-state index contributed by atoms with van der Waals surface area (Å²) in [5.41, 5.74) is 7.01. The van der Waals surface area contributed by atoms with Crippen LogP contribution in [0.4, 0.5) is 0 Å². The minimum atomic E-state index is -0.270. The summed E-state index contributed by atoms with van der Waals surface area (Å²) in [6, 6.07) is 26.6. The summed E-state index contributed by atoms with van der Waals surface area (Å²) >= 11 is 0. The summed E-state index contributed by atoms with van der Waals surface area (Å²) in [6.07, 6.45) is 1.59. The molecular weight excluding hydrogens is 400 g/mol. The molecule has 1 N–H and O–H groups in total. The van der Waals surface area contributed by atoms with Gasteiger partial charge in [0.1, 0.15) is 11.5 Å². The number of carbonyl (C=O) groups excluding carboxylic acids is 1. The fourth-order valence-corrected chi connectivity index (χ4v) is 3.33. The Bertz CT molecular complexity index is 1250. The molecule has 0 aliphatic heterocycles. The van der Waals surface area contributed by atoms with Crippen LogP contribution in [0.2, 0.25) is 0 Å². The Kier molecular flexibility index (Phi) is 6.41. The Hall–Kier alpha value is -4.19. The molecule has 0 spiro atoms. The second-order valence-corrected chi connectivity index (χ2v) is 7.47. The fraction of sp³-hybridized carbons (Fsp3) is 0.115. The van der Waals surface area contributed by atoms with Gasteiger partial charge in [-0.2, -0.15) is 10.2 Å². The van der Waals surface area contributed by atoms with Crippen molar-refractivity contribution in [1.82, 2.24) is 15.2 Å². The van der Waals surface area contributed by atoms with E-state index in [4.69, 9.17) is 4.74 Å². The lowest BCUT2D eigenvalue weighted by molar-refractivity contribution is 0.0955. The molecule has 1 amide bonds. The van der Waals surface area contributed by atoms with Crippen molar-refractivity contribution in [3.05, 3.63) is 113 Å². The zero-order valence-corrected chi connectivity index (χ0v) is 18.0. The quantitative estimate of drug-likeness (QED) is 0.331. The van der Waals surface area contributed by atoms with E-state index in [1.807, 2.05) is 97.4 Å². The molecule has 1 aromatic heterocycles. The van der Waals surface area contributed by atoms with Crippen LogP contribution in [0.1, 0.15) is 32.9 Å². The Morgan fingerprint density at radius 3 is 2.53 bits per heavy atom. The number of benzene rings is 3. The van der Waals surface area contributed by atoms with Crippen molar-refractivity contribution in [1.29, 1.82) is 0 Å². The lowest BCUT2D eigenvalue weighted by Gasteiger charge is -2.07. The number of nitrogens with zero attached hydrogens (tertiary/aromatic N) is 3. The first kappa shape index (κ1) is 21.1. The number of ether oxygens (including phenoxy) is 1. The second kappa shape index (κ2) is 9.75. The van der Waals surface area contributed by atoms with Crippen LogP contribution in [0.3, 0.4) is 0 Å². The Balaban J connectivity index is 1.38. The van der Waals surface area contributed by atoms with Gasteiger partial charge in [0.2, 0.25) is 0 Å². The molecule has 4 rings (SSSR count). The van der Waals surface area contributed by atoms with E-state index >= 15 is 0 Å². The first-order chi connectivity index (χ1) is 15.6. The highest BCUT2D eigenvalue weighted by atomic mass is 16.5. The zero-order valence-electron chi connectivity index (χ0n) is 18.0. The van der Waals surface area contributed by atoms with E-state index in [0.29, 0.717) is 17.9 Å². The molecule has 0 aliphatic rings. The maximum atomic E-state index is 12.5. The van der Waals surface area contributed by atoms with Gasteiger partial charge in [-0.05, 0) is 67.4 Å². The molecule has 0 saturated heterocycles. The molecule has 0 radical (unpaired) electrons. The number of rotatable bonds is 7. The molecule has 3 aromatic carbocycles. The fourth-order valence-electron chi connectivity index (χ4n) is 3.33. The van der Waals surface area contributed by atoms with Crippen LogP contribution in [0.5, 0.6) is 11.5 Å². The van der Waals surface area contributed by atoms with Crippen molar-refractivity contribution in [3.8, 4) is 11.5 Å². The number of hydrogen-bond donors (Lipinski definition) is 1. The van der Waals surface area contributed by atoms with E-state index in [-0.39, 0.29) is 5.91 Å². The molecule has 32 heavy (non-hydrogen) atoms. The van der Waals surface area contributed by atoms with E-state index in [1.165, 1.54) is 0 Å². The summed E-state index contributed by atoms with van der Waals surface area (Å²) in [7, 11) is 0. The third kappa shape index (κ3) is 5.49. The van der Waals surface area contributed by atoms with E-state index in [0.717, 1.165) is 28.3 Å². The van der Waals surface area contributed by atoms with Crippen molar-refractivity contribution >= 4 is 12.1 Å². The van der Waals surface area contributed by atoms with Gasteiger partial charge in [-0.1, -0.05) is 42.5 Å². The summed E-state index contributed by atoms with van der Waals surface area (Å²) in [5, 5.41) is 8.58. The lowest BCUT2D eigenvalue weighted by atomic mass is 10.1. The van der Waals surface area contributed by atoms with E-state index in [1.54, 1.807) is 12.3 Å². The van der Waals surface area contributed by atoms with Crippen molar-refractivity contribution in [3.63, 3.8) is 0 Å². The minimum Gasteiger partial charge on any atom is -0.457 e. The van der Waals surface area contributed by atoms with E-state index in [2.05, 4.69) is 15.6 Å². The molecule has 0 saturated carbocycles. The lowest BCUT2D eigenvalue weighted by Crippen LogP contribution is -2.18. The SMILES string of the molecule is Cc1cc(C)n(Cc2cccc(C(=O)NN=Cc3cccc(Oc4ccccc4)c3)c2)n1. The van der Waals surface area contributed by atoms with Gasteiger partial charge in [-0.3, -0.25) is 9.48 Å². The van der Waals surface area contributed by atoms with Gasteiger partial charge in [0.05, 0.1) is 18.5 Å². The van der Waals surface area contributed by atoms with Crippen molar-refractivity contribution in [2.45, 2.75) is 20.4 Å². The molecule has 0 atom stereocenters. The molecule has 4 aromatic rings. The van der Waals surface area contributed by atoms with Crippen LogP contribution < -0.4 is 10.2 Å². The summed E-state index contributed by atoms with van der Waals surface area (Å²) < 4.78 is 7.76. The average molecular weight is 425 g/mol. The predicted molar refractivity (Wildman–Crippen MR) is 125 cm³/mol. The van der Waals surface area contributed by atoms with Crippen LogP contribution in [0.25, 0.3) is 0 Å². The largest absolute Gasteiger partial charge is 0.457 e. The van der Waals surface area contributed by atoms with Gasteiger partial charge in [-0.15, -0.1) is 0 Å². The average Bonchev–Trinajstić information content (AvgIpc) is 3.11. The van der Waals surface area contributed by atoms with Gasteiger partial charge in [0.15, 0.2) is 0 Å². The Morgan fingerprint density at radius 2 is 1.75 bits per heavy atom. The topological polar surface area (TPSA) is 68.5 Å². The number of carbonyl (C=O) groups is 1. The van der Waals surface area contributed by atoms with Crippen LogP contribution in [0.15, 0.2) is 90.0 Å². The molecule has 0 aliphatic carbocycles. The monoisotopic (exact) mass is 424 g/mol. The first-order valence-corrected chi connectivity index (χ1v) is 10.3. The number of hydrogen-bond acceptors (Lipinski definition) is 4. The normalized spacial score (nSPS) is 10.9. The number of aromatic nitrogens is 2. The van der Waals surface area contributed by atoms with E-state index < -0.39 is 0 Å². The number of amides is 1. The van der Waals surface area contributed by atoms with Gasteiger partial charge >= 0.3 is 0 Å². The second-order valence-electron chi connectivity index (χ2n) is 7.47. The van der Waals surface area contributed by atoms with Gasteiger partial charge in [0.25, 0.3) is 5.91 Å². The Labute approximate surface area is 187 Å². The maximum Gasteiger partial charge on any atom is 0.271 e. The van der Waals surface area contributed by atoms with Crippen LogP contribution in [-0.2, 0) is 6.54 Å². The van der Waals surface area contributed by atoms with Crippen molar-refractivity contribution in [2.75, 3.05) is 0 Å². The molecule has 160 valence electrons. The van der Waals surface area contributed by atoms with E-state index in [9.17, 15) is 4.79 Å². The smallest absolute Gasteiger partial charge is 0.271 e. The van der Waals surface area contributed by atoms with Crippen LogP contribution in [0, 0.1) is 13.8 Å².